The minimum atomic E-state index is 0.0440. The van der Waals surface area contributed by atoms with Crippen molar-refractivity contribution in [1.29, 1.82) is 0 Å². The smallest absolute Gasteiger partial charge is 0.0967 e. The molecule has 0 aromatic carbocycles. The zero-order valence-electron chi connectivity index (χ0n) is 7.07. The first-order valence-electron chi connectivity index (χ1n) is 3.93. The van der Waals surface area contributed by atoms with Crippen LogP contribution in [0.1, 0.15) is 40.0 Å². The Morgan fingerprint density at radius 1 is 1.40 bits per heavy atom. The van der Waals surface area contributed by atoms with Crippen LogP contribution in [0.5, 0.6) is 0 Å². The maximum absolute atomic E-state index is 9.59. The van der Waals surface area contributed by atoms with Crippen LogP contribution in [-0.2, 0) is 0 Å². The second-order valence-electron chi connectivity index (χ2n) is 3.87. The van der Waals surface area contributed by atoms with Crippen molar-refractivity contribution in [2.24, 2.45) is 5.41 Å². The van der Waals surface area contributed by atoms with Crippen LogP contribution in [0.3, 0.4) is 0 Å². The number of hydrogen-bond donors (Lipinski definition) is 1. The molecule has 1 aliphatic rings. The predicted octanol–water partition coefficient (Wildman–Crippen LogP) is 3.03. The Bertz CT molecular complexity index is 166. The molecule has 0 bridgehead atoms. The number of rotatable bonds is 0. The van der Waals surface area contributed by atoms with Crippen molar-refractivity contribution >= 4 is 0 Å². The quantitative estimate of drug-likeness (QED) is 0.548. The van der Waals surface area contributed by atoms with Gasteiger partial charge >= 0.3 is 0 Å². The zero-order valence-corrected chi connectivity index (χ0v) is 7.07. The van der Waals surface area contributed by atoms with Crippen molar-refractivity contribution in [3.05, 3.63) is 11.3 Å². The molecule has 58 valence electrons. The second-order valence-corrected chi connectivity index (χ2v) is 3.87. The first-order chi connectivity index (χ1) is 4.54. The molecule has 0 saturated heterocycles. The van der Waals surface area contributed by atoms with Gasteiger partial charge in [0.2, 0.25) is 0 Å². The SMILES string of the molecule is CC1=C(O)C(C)(C)CCC1. The highest BCUT2D eigenvalue weighted by Gasteiger charge is 2.27. The highest BCUT2D eigenvalue weighted by Crippen LogP contribution is 2.37. The third-order valence-corrected chi connectivity index (χ3v) is 2.40. The van der Waals surface area contributed by atoms with Gasteiger partial charge in [-0.25, -0.2) is 0 Å². The summed E-state index contributed by atoms with van der Waals surface area (Å²) < 4.78 is 0. The molecule has 1 nitrogen and oxygen atoms in total. The van der Waals surface area contributed by atoms with E-state index in [1.54, 1.807) is 0 Å². The van der Waals surface area contributed by atoms with E-state index in [9.17, 15) is 5.11 Å². The van der Waals surface area contributed by atoms with Gasteiger partial charge in [-0.05, 0) is 31.8 Å². The van der Waals surface area contributed by atoms with E-state index in [0.717, 1.165) is 12.8 Å². The molecule has 1 aliphatic carbocycles. The fourth-order valence-corrected chi connectivity index (χ4v) is 1.61. The summed E-state index contributed by atoms with van der Waals surface area (Å²) in [6.07, 6.45) is 3.42. The standard InChI is InChI=1S/C9H16O/c1-7-5-4-6-9(2,3)8(7)10/h10H,4-6H2,1-3H3. The molecule has 0 radical (unpaired) electrons. The summed E-state index contributed by atoms with van der Waals surface area (Å²) in [6.45, 7) is 6.23. The second kappa shape index (κ2) is 2.30. The van der Waals surface area contributed by atoms with Gasteiger partial charge in [-0.2, -0.15) is 0 Å². The van der Waals surface area contributed by atoms with Gasteiger partial charge in [0, 0.05) is 5.41 Å². The third-order valence-electron chi connectivity index (χ3n) is 2.40. The van der Waals surface area contributed by atoms with Crippen LogP contribution in [0.2, 0.25) is 0 Å². The summed E-state index contributed by atoms with van der Waals surface area (Å²) in [7, 11) is 0. The van der Waals surface area contributed by atoms with Gasteiger partial charge in [-0.15, -0.1) is 0 Å². The fourth-order valence-electron chi connectivity index (χ4n) is 1.61. The third kappa shape index (κ3) is 1.18. The minimum Gasteiger partial charge on any atom is -0.512 e. The normalized spacial score (nSPS) is 25.1. The topological polar surface area (TPSA) is 20.2 Å². The summed E-state index contributed by atoms with van der Waals surface area (Å²) >= 11 is 0. The molecule has 1 rings (SSSR count). The van der Waals surface area contributed by atoms with Gasteiger partial charge in [-0.3, -0.25) is 0 Å². The van der Waals surface area contributed by atoms with E-state index in [1.807, 2.05) is 6.92 Å². The van der Waals surface area contributed by atoms with Crippen LogP contribution in [-0.4, -0.2) is 5.11 Å². The van der Waals surface area contributed by atoms with E-state index in [0.29, 0.717) is 5.76 Å². The van der Waals surface area contributed by atoms with Gasteiger partial charge in [0.15, 0.2) is 0 Å². The van der Waals surface area contributed by atoms with Crippen molar-refractivity contribution in [2.45, 2.75) is 40.0 Å². The van der Waals surface area contributed by atoms with Crippen LogP contribution >= 0.6 is 0 Å². The summed E-state index contributed by atoms with van der Waals surface area (Å²) in [6, 6.07) is 0. The highest BCUT2D eigenvalue weighted by molar-refractivity contribution is 5.15. The van der Waals surface area contributed by atoms with Crippen molar-refractivity contribution in [3.63, 3.8) is 0 Å². The van der Waals surface area contributed by atoms with E-state index in [-0.39, 0.29) is 5.41 Å². The Hall–Kier alpha value is -0.460. The number of aliphatic hydroxyl groups is 1. The molecule has 0 heterocycles. The average molecular weight is 140 g/mol. The summed E-state index contributed by atoms with van der Waals surface area (Å²) in [4.78, 5) is 0. The van der Waals surface area contributed by atoms with E-state index in [1.165, 1.54) is 12.0 Å². The lowest BCUT2D eigenvalue weighted by atomic mass is 9.78. The van der Waals surface area contributed by atoms with Crippen LogP contribution in [0, 0.1) is 5.41 Å². The van der Waals surface area contributed by atoms with Crippen molar-refractivity contribution < 1.29 is 5.11 Å². The molecule has 0 aromatic rings. The van der Waals surface area contributed by atoms with Gasteiger partial charge in [0.1, 0.15) is 0 Å². The summed E-state index contributed by atoms with van der Waals surface area (Å²) in [5, 5.41) is 9.59. The van der Waals surface area contributed by atoms with Crippen molar-refractivity contribution in [1.82, 2.24) is 0 Å². The van der Waals surface area contributed by atoms with E-state index in [2.05, 4.69) is 13.8 Å². The molecule has 0 amide bonds. The lowest BCUT2D eigenvalue weighted by Gasteiger charge is -2.29. The van der Waals surface area contributed by atoms with E-state index < -0.39 is 0 Å². The molecule has 10 heavy (non-hydrogen) atoms. The molecule has 0 unspecified atom stereocenters. The number of allylic oxidation sites excluding steroid dienone is 2. The average Bonchev–Trinajstić information content (AvgIpc) is 1.83. The van der Waals surface area contributed by atoms with Gasteiger partial charge in [-0.1, -0.05) is 13.8 Å². The Morgan fingerprint density at radius 2 is 2.00 bits per heavy atom. The lowest BCUT2D eigenvalue weighted by molar-refractivity contribution is 0.218. The zero-order chi connectivity index (χ0) is 7.78. The van der Waals surface area contributed by atoms with Crippen LogP contribution < -0.4 is 0 Å². The molecular formula is C9H16O. The lowest BCUT2D eigenvalue weighted by Crippen LogP contribution is -2.19. The van der Waals surface area contributed by atoms with Gasteiger partial charge in [0.05, 0.1) is 5.76 Å². The summed E-state index contributed by atoms with van der Waals surface area (Å²) in [5.74, 6) is 0.624. The van der Waals surface area contributed by atoms with Crippen molar-refractivity contribution in [2.75, 3.05) is 0 Å². The maximum Gasteiger partial charge on any atom is 0.0967 e. The first kappa shape index (κ1) is 7.64. The fraction of sp³-hybridized carbons (Fsp3) is 0.778. The molecule has 0 spiro atoms. The number of aliphatic hydroxyl groups excluding tert-OH is 1. The Balaban J connectivity index is 2.89. The Labute approximate surface area is 62.8 Å². The number of hydrogen-bond acceptors (Lipinski definition) is 1. The molecule has 0 atom stereocenters. The van der Waals surface area contributed by atoms with Crippen LogP contribution in [0.4, 0.5) is 0 Å². The largest absolute Gasteiger partial charge is 0.512 e. The van der Waals surface area contributed by atoms with E-state index >= 15 is 0 Å². The van der Waals surface area contributed by atoms with Crippen LogP contribution in [0.15, 0.2) is 11.3 Å². The monoisotopic (exact) mass is 140 g/mol. The molecule has 0 saturated carbocycles. The van der Waals surface area contributed by atoms with Gasteiger partial charge in [0.25, 0.3) is 0 Å². The Kier molecular flexibility index (Phi) is 1.76. The molecular weight excluding hydrogens is 124 g/mol. The van der Waals surface area contributed by atoms with Crippen molar-refractivity contribution in [3.8, 4) is 0 Å². The molecule has 0 fully saturated rings. The minimum absolute atomic E-state index is 0.0440. The first-order valence-corrected chi connectivity index (χ1v) is 3.93. The highest BCUT2D eigenvalue weighted by atomic mass is 16.3. The molecule has 1 heteroatoms. The van der Waals surface area contributed by atoms with E-state index in [4.69, 9.17) is 0 Å². The Morgan fingerprint density at radius 3 is 2.40 bits per heavy atom. The molecule has 0 aliphatic heterocycles. The van der Waals surface area contributed by atoms with Crippen LogP contribution in [0.25, 0.3) is 0 Å². The summed E-state index contributed by atoms with van der Waals surface area (Å²) in [5.41, 5.74) is 1.22. The predicted molar refractivity (Wildman–Crippen MR) is 43.0 cm³/mol. The molecule has 0 aromatic heterocycles. The van der Waals surface area contributed by atoms with Gasteiger partial charge < -0.3 is 5.11 Å². The maximum atomic E-state index is 9.59. The molecule has 1 N–H and O–H groups in total.